The van der Waals surface area contributed by atoms with Gasteiger partial charge in [0.25, 0.3) is 0 Å². The summed E-state index contributed by atoms with van der Waals surface area (Å²) in [7, 11) is 0. The molecule has 6 nitrogen and oxygen atoms in total. The first kappa shape index (κ1) is 25.4. The van der Waals surface area contributed by atoms with Crippen LogP contribution < -0.4 is 5.32 Å². The molecule has 1 aliphatic heterocycles. The number of nitriles is 1. The Morgan fingerprint density at radius 2 is 1.66 bits per heavy atom. The third-order valence-electron chi connectivity index (χ3n) is 5.27. The summed E-state index contributed by atoms with van der Waals surface area (Å²) in [5.74, 6) is -0.715. The summed E-state index contributed by atoms with van der Waals surface area (Å²) in [6.45, 7) is 7.71. The van der Waals surface area contributed by atoms with Gasteiger partial charge in [-0.3, -0.25) is 4.79 Å². The van der Waals surface area contributed by atoms with E-state index < -0.39 is 53.0 Å². The van der Waals surface area contributed by atoms with E-state index in [9.17, 15) is 32.4 Å². The van der Waals surface area contributed by atoms with Gasteiger partial charge in [-0.25, -0.2) is 9.18 Å². The van der Waals surface area contributed by atoms with Crippen molar-refractivity contribution in [3.05, 3.63) is 35.4 Å². The van der Waals surface area contributed by atoms with Crippen LogP contribution in [0.2, 0.25) is 0 Å². The standard InChI is InChI=1S/C22H27F4N3O3/c1-20(2,3)32-19(31)28-17(18(30)29-12-15(23)10-16(29)11-27)21(4,5)13-6-8-14(9-7-13)22(24,25)26/h6-9,15-17H,10,12H2,1-5H3,(H,28,31)/t15-,16-,17+/m0/s1. The Kier molecular flexibility index (Phi) is 7.12. The number of nitrogens with one attached hydrogen (secondary N) is 1. The number of amides is 2. The molecule has 1 heterocycles. The van der Waals surface area contributed by atoms with E-state index >= 15 is 0 Å². The average Bonchev–Trinajstić information content (AvgIpc) is 3.04. The van der Waals surface area contributed by atoms with Crippen molar-refractivity contribution in [2.45, 2.75) is 76.5 Å². The van der Waals surface area contributed by atoms with Crippen LogP contribution in [0.1, 0.15) is 52.2 Å². The molecule has 0 saturated carbocycles. The molecule has 0 aromatic heterocycles. The Balaban J connectivity index is 2.43. The van der Waals surface area contributed by atoms with Gasteiger partial charge in [-0.2, -0.15) is 18.4 Å². The highest BCUT2D eigenvalue weighted by molar-refractivity contribution is 5.88. The number of likely N-dealkylation sites (tertiary alicyclic amines) is 1. The molecule has 176 valence electrons. The number of ether oxygens (including phenoxy) is 1. The lowest BCUT2D eigenvalue weighted by Crippen LogP contribution is -2.58. The molecule has 1 fully saturated rings. The number of hydrogen-bond donors (Lipinski definition) is 1. The first-order valence-corrected chi connectivity index (χ1v) is 10.1. The van der Waals surface area contributed by atoms with Gasteiger partial charge in [0.05, 0.1) is 18.2 Å². The lowest BCUT2D eigenvalue weighted by molar-refractivity contribution is -0.138. The maximum atomic E-state index is 13.9. The largest absolute Gasteiger partial charge is 0.444 e. The highest BCUT2D eigenvalue weighted by Gasteiger charge is 2.45. The van der Waals surface area contributed by atoms with Crippen LogP contribution >= 0.6 is 0 Å². The van der Waals surface area contributed by atoms with Crippen molar-refractivity contribution in [1.29, 1.82) is 5.26 Å². The topological polar surface area (TPSA) is 82.4 Å². The first-order chi connectivity index (χ1) is 14.6. The van der Waals surface area contributed by atoms with E-state index in [4.69, 9.17) is 4.74 Å². The molecule has 2 rings (SSSR count). The zero-order valence-corrected chi connectivity index (χ0v) is 18.6. The molecule has 1 aliphatic rings. The molecule has 1 aromatic rings. The number of rotatable bonds is 4. The van der Waals surface area contributed by atoms with Crippen molar-refractivity contribution >= 4 is 12.0 Å². The highest BCUT2D eigenvalue weighted by atomic mass is 19.4. The van der Waals surface area contributed by atoms with Crippen LogP contribution in [-0.4, -0.2) is 47.3 Å². The van der Waals surface area contributed by atoms with Crippen LogP contribution in [0.15, 0.2) is 24.3 Å². The maximum absolute atomic E-state index is 13.9. The summed E-state index contributed by atoms with van der Waals surface area (Å²) in [5, 5.41) is 11.8. The van der Waals surface area contributed by atoms with E-state index in [0.29, 0.717) is 5.56 Å². The fraction of sp³-hybridized carbons (Fsp3) is 0.591. The molecule has 0 aliphatic carbocycles. The first-order valence-electron chi connectivity index (χ1n) is 10.1. The van der Waals surface area contributed by atoms with Crippen LogP contribution in [0.3, 0.4) is 0 Å². The monoisotopic (exact) mass is 457 g/mol. The minimum Gasteiger partial charge on any atom is -0.444 e. The predicted molar refractivity (Wildman–Crippen MR) is 108 cm³/mol. The molecule has 0 bridgehead atoms. The molecule has 1 N–H and O–H groups in total. The highest BCUT2D eigenvalue weighted by Crippen LogP contribution is 2.34. The molecular weight excluding hydrogens is 430 g/mol. The third-order valence-corrected chi connectivity index (χ3v) is 5.27. The number of benzene rings is 1. The zero-order chi connectivity index (χ0) is 24.5. The van der Waals surface area contributed by atoms with Crippen molar-refractivity contribution in [3.8, 4) is 6.07 Å². The summed E-state index contributed by atoms with van der Waals surface area (Å²) in [5.41, 5.74) is -2.61. The summed E-state index contributed by atoms with van der Waals surface area (Å²) in [6, 6.07) is 3.77. The fourth-order valence-corrected chi connectivity index (χ4v) is 3.55. The lowest BCUT2D eigenvalue weighted by Gasteiger charge is -2.37. The second-order valence-electron chi connectivity index (χ2n) is 9.34. The van der Waals surface area contributed by atoms with Gasteiger partial charge in [-0.05, 0) is 38.5 Å². The minimum absolute atomic E-state index is 0.151. The van der Waals surface area contributed by atoms with Crippen LogP contribution in [0, 0.1) is 11.3 Å². The van der Waals surface area contributed by atoms with E-state index in [2.05, 4.69) is 5.32 Å². The lowest BCUT2D eigenvalue weighted by atomic mass is 9.76. The molecule has 0 radical (unpaired) electrons. The van der Waals surface area contributed by atoms with Gasteiger partial charge in [0, 0.05) is 11.8 Å². The molecular formula is C22H27F4N3O3. The van der Waals surface area contributed by atoms with Crippen LogP contribution in [-0.2, 0) is 21.1 Å². The van der Waals surface area contributed by atoms with Crippen molar-refractivity contribution in [2.75, 3.05) is 6.54 Å². The minimum atomic E-state index is -4.53. The number of nitrogens with zero attached hydrogens (tertiary/aromatic N) is 2. The molecule has 0 spiro atoms. The summed E-state index contributed by atoms with van der Waals surface area (Å²) in [6.07, 6.45) is -6.99. The van der Waals surface area contributed by atoms with Crippen molar-refractivity contribution in [3.63, 3.8) is 0 Å². The quantitative estimate of drug-likeness (QED) is 0.682. The summed E-state index contributed by atoms with van der Waals surface area (Å²) < 4.78 is 58.0. The Bertz CT molecular complexity index is 886. The number of halogens is 4. The van der Waals surface area contributed by atoms with E-state index in [0.717, 1.165) is 17.0 Å². The van der Waals surface area contributed by atoms with E-state index in [1.54, 1.807) is 34.6 Å². The van der Waals surface area contributed by atoms with E-state index in [1.807, 2.05) is 6.07 Å². The molecule has 1 aromatic carbocycles. The fourth-order valence-electron chi connectivity index (χ4n) is 3.55. The van der Waals surface area contributed by atoms with Crippen molar-refractivity contribution < 1.29 is 31.9 Å². The van der Waals surface area contributed by atoms with Gasteiger partial charge >= 0.3 is 12.3 Å². The Hall–Kier alpha value is -2.83. The zero-order valence-electron chi connectivity index (χ0n) is 18.6. The van der Waals surface area contributed by atoms with Gasteiger partial charge in [0.2, 0.25) is 5.91 Å². The Morgan fingerprint density at radius 3 is 2.12 bits per heavy atom. The average molecular weight is 457 g/mol. The summed E-state index contributed by atoms with van der Waals surface area (Å²) in [4.78, 5) is 26.9. The number of hydrogen-bond acceptors (Lipinski definition) is 4. The Morgan fingerprint density at radius 1 is 1.12 bits per heavy atom. The second kappa shape index (κ2) is 8.96. The van der Waals surface area contributed by atoms with Gasteiger partial charge in [-0.15, -0.1) is 0 Å². The molecule has 32 heavy (non-hydrogen) atoms. The van der Waals surface area contributed by atoms with Gasteiger partial charge in [0.15, 0.2) is 0 Å². The van der Waals surface area contributed by atoms with Gasteiger partial charge < -0.3 is 15.0 Å². The Labute approximate surface area is 184 Å². The van der Waals surface area contributed by atoms with Crippen LogP contribution in [0.25, 0.3) is 0 Å². The second-order valence-corrected chi connectivity index (χ2v) is 9.34. The molecule has 0 unspecified atom stereocenters. The van der Waals surface area contributed by atoms with E-state index in [1.165, 1.54) is 12.1 Å². The summed E-state index contributed by atoms with van der Waals surface area (Å²) >= 11 is 0. The number of carbonyl (C=O) groups excluding carboxylic acids is 2. The smallest absolute Gasteiger partial charge is 0.416 e. The van der Waals surface area contributed by atoms with Crippen LogP contribution in [0.5, 0.6) is 0 Å². The van der Waals surface area contributed by atoms with Crippen molar-refractivity contribution in [2.24, 2.45) is 0 Å². The molecule has 3 atom stereocenters. The third kappa shape index (κ3) is 5.90. The number of alkyl carbamates (subject to hydrolysis) is 1. The molecule has 2 amide bonds. The van der Waals surface area contributed by atoms with Gasteiger partial charge in [0.1, 0.15) is 23.9 Å². The molecule has 1 saturated heterocycles. The van der Waals surface area contributed by atoms with Gasteiger partial charge in [-0.1, -0.05) is 26.0 Å². The van der Waals surface area contributed by atoms with Crippen LogP contribution in [0.4, 0.5) is 22.4 Å². The number of alkyl halides is 4. The SMILES string of the molecule is CC(C)(C)OC(=O)N[C@H](C(=O)N1C[C@@H](F)C[C@H]1C#N)C(C)(C)c1ccc(C(F)(F)F)cc1. The van der Waals surface area contributed by atoms with E-state index in [-0.39, 0.29) is 13.0 Å². The number of carbonyl (C=O) groups is 2. The normalized spacial score (nSPS) is 20.4. The predicted octanol–water partition coefficient (Wildman–Crippen LogP) is 4.34. The maximum Gasteiger partial charge on any atom is 0.416 e. The molecule has 10 heteroatoms. The van der Waals surface area contributed by atoms with Crippen molar-refractivity contribution in [1.82, 2.24) is 10.2 Å².